The van der Waals surface area contributed by atoms with Gasteiger partial charge in [0.2, 0.25) is 5.91 Å². The first-order chi connectivity index (χ1) is 21.0. The number of ether oxygens (including phenoxy) is 2. The third-order valence-corrected chi connectivity index (χ3v) is 7.38. The lowest BCUT2D eigenvalue weighted by Gasteiger charge is -2.25. The summed E-state index contributed by atoms with van der Waals surface area (Å²) in [6.07, 6.45) is 13.6. The Hall–Kier alpha value is -3.23. The Bertz CT molecular complexity index is 975. The van der Waals surface area contributed by atoms with Crippen LogP contribution in [-0.4, -0.2) is 41.7 Å². The van der Waals surface area contributed by atoms with Crippen LogP contribution in [0.5, 0.6) is 0 Å². The molecule has 0 saturated heterocycles. The Balaban J connectivity index is 2.57. The van der Waals surface area contributed by atoms with Gasteiger partial charge in [0, 0.05) is 25.2 Å². The normalized spacial score (nSPS) is 12.6. The van der Waals surface area contributed by atoms with Crippen molar-refractivity contribution in [2.75, 3.05) is 0 Å². The molecule has 0 aromatic heterocycles. The number of hydrogen-bond acceptors (Lipinski definition) is 7. The van der Waals surface area contributed by atoms with Gasteiger partial charge in [0.1, 0.15) is 18.5 Å². The molecular formula is C35H56N2O7. The third-order valence-electron chi connectivity index (χ3n) is 7.38. The zero-order valence-electron chi connectivity index (χ0n) is 27.3. The van der Waals surface area contributed by atoms with Gasteiger partial charge in [-0.15, -0.1) is 0 Å². The maximum absolute atomic E-state index is 13.6. The van der Waals surface area contributed by atoms with E-state index in [1.54, 1.807) is 20.8 Å². The molecule has 0 saturated carbocycles. The van der Waals surface area contributed by atoms with Gasteiger partial charge >= 0.3 is 12.1 Å². The molecule has 0 aliphatic heterocycles. The van der Waals surface area contributed by atoms with Crippen molar-refractivity contribution in [2.45, 2.75) is 148 Å². The van der Waals surface area contributed by atoms with Gasteiger partial charge in [-0.05, 0) is 52.0 Å². The Morgan fingerprint density at radius 2 is 1.39 bits per heavy atom. The summed E-state index contributed by atoms with van der Waals surface area (Å²) in [5.41, 5.74) is 5.68. The van der Waals surface area contributed by atoms with Crippen molar-refractivity contribution in [2.24, 2.45) is 11.7 Å². The number of rotatable bonds is 25. The monoisotopic (exact) mass is 616 g/mol. The summed E-state index contributed by atoms with van der Waals surface area (Å²) in [6, 6.07) is 8.59. The number of ketones is 1. The average Bonchev–Trinajstić information content (AvgIpc) is 2.96. The van der Waals surface area contributed by atoms with Gasteiger partial charge in [-0.2, -0.15) is 0 Å². The van der Waals surface area contributed by atoms with Crippen molar-refractivity contribution in [1.82, 2.24) is 5.32 Å². The van der Waals surface area contributed by atoms with Gasteiger partial charge < -0.3 is 25.3 Å². The Kier molecular flexibility index (Phi) is 20.4. The van der Waals surface area contributed by atoms with Gasteiger partial charge in [0.25, 0.3) is 0 Å². The van der Waals surface area contributed by atoms with E-state index in [2.05, 4.69) is 5.32 Å². The topological polar surface area (TPSA) is 142 Å². The van der Waals surface area contributed by atoms with Crippen LogP contribution in [0.4, 0.5) is 4.79 Å². The number of Topliss-reactive ketones (excluding diaryl/α,β-unsaturated/α-hetero) is 1. The fourth-order valence-electron chi connectivity index (χ4n) is 5.07. The number of amides is 2. The highest BCUT2D eigenvalue weighted by Gasteiger charge is 2.30. The summed E-state index contributed by atoms with van der Waals surface area (Å²) in [7, 11) is 0. The number of alkyl carbamates (subject to hydrolysis) is 1. The summed E-state index contributed by atoms with van der Waals surface area (Å²) in [6.45, 7) is 5.45. The molecule has 248 valence electrons. The molecule has 1 unspecified atom stereocenters. The fourth-order valence-corrected chi connectivity index (χ4v) is 5.07. The average molecular weight is 617 g/mol. The van der Waals surface area contributed by atoms with Gasteiger partial charge in [0.05, 0.1) is 6.04 Å². The summed E-state index contributed by atoms with van der Waals surface area (Å²) in [4.78, 5) is 60.6. The van der Waals surface area contributed by atoms with Crippen LogP contribution < -0.4 is 11.1 Å². The molecule has 2 amide bonds. The number of primary amides is 1. The van der Waals surface area contributed by atoms with Crippen LogP contribution in [0, 0.1) is 5.92 Å². The Labute approximate surface area is 264 Å². The van der Waals surface area contributed by atoms with Crippen LogP contribution in [0.1, 0.15) is 135 Å². The first-order valence-corrected chi connectivity index (χ1v) is 16.5. The first kappa shape index (κ1) is 38.8. The quantitative estimate of drug-likeness (QED) is 0.0676. The number of carbonyl (C=O) groups is 5. The number of esters is 1. The van der Waals surface area contributed by atoms with E-state index < -0.39 is 29.6 Å². The number of hydrogen-bond donors (Lipinski definition) is 2. The third kappa shape index (κ3) is 20.6. The first-order valence-electron chi connectivity index (χ1n) is 16.5. The van der Waals surface area contributed by atoms with E-state index >= 15 is 0 Å². The van der Waals surface area contributed by atoms with Crippen LogP contribution >= 0.6 is 0 Å². The highest BCUT2D eigenvalue weighted by atomic mass is 16.6. The number of unbranched alkanes of at least 4 members (excludes halogenated alkanes) is 11. The van der Waals surface area contributed by atoms with Crippen LogP contribution in [0.3, 0.4) is 0 Å². The summed E-state index contributed by atoms with van der Waals surface area (Å²) in [5, 5.41) is 2.71. The molecule has 1 aromatic rings. The van der Waals surface area contributed by atoms with E-state index in [0.717, 1.165) is 50.4 Å². The molecule has 3 N–H and O–H groups in total. The van der Waals surface area contributed by atoms with Gasteiger partial charge in [0.15, 0.2) is 5.78 Å². The lowest BCUT2D eigenvalue weighted by molar-refractivity contribution is -0.145. The van der Waals surface area contributed by atoms with E-state index in [1.807, 2.05) is 30.3 Å². The predicted molar refractivity (Wildman–Crippen MR) is 172 cm³/mol. The molecule has 0 fully saturated rings. The molecule has 44 heavy (non-hydrogen) atoms. The second-order valence-corrected chi connectivity index (χ2v) is 12.6. The van der Waals surface area contributed by atoms with Crippen molar-refractivity contribution >= 4 is 30.0 Å². The van der Waals surface area contributed by atoms with Gasteiger partial charge in [-0.1, -0.05) is 94.5 Å². The van der Waals surface area contributed by atoms with Crippen molar-refractivity contribution in [3.05, 3.63) is 35.9 Å². The largest absolute Gasteiger partial charge is 0.461 e. The number of carbonyl (C=O) groups excluding carboxylic acids is 5. The molecular weight excluding hydrogens is 560 g/mol. The minimum atomic E-state index is -0.846. The second-order valence-electron chi connectivity index (χ2n) is 12.6. The number of nitrogens with one attached hydrogen (secondary N) is 1. The molecule has 2 atom stereocenters. The predicted octanol–water partition coefficient (Wildman–Crippen LogP) is 7.12. The van der Waals surface area contributed by atoms with E-state index in [-0.39, 0.29) is 31.2 Å². The maximum atomic E-state index is 13.6. The SMILES string of the molecule is CC(C)(C)OC(=O)NC(CCCCC(=O)OCc1ccccc1)C(=O)[C@@H](CCCCCCCCCCCCC=O)CC(N)=O. The standard InChI is InChI=1S/C35H56N2O7/c1-35(2,3)44-34(42)37-30(23-17-18-24-32(40)43-27-28-20-14-13-15-21-28)33(41)29(26-31(36)39)22-16-11-9-7-5-4-6-8-10-12-19-25-38/h13-15,20-21,25,29-30H,4-12,16-19,22-24,26-27H2,1-3H3,(H2,36,39)(H,37,42)/t29-,30?/m0/s1. The minimum Gasteiger partial charge on any atom is -0.461 e. The molecule has 0 radical (unpaired) electrons. The number of benzene rings is 1. The highest BCUT2D eigenvalue weighted by Crippen LogP contribution is 2.21. The Morgan fingerprint density at radius 1 is 0.818 bits per heavy atom. The molecule has 9 nitrogen and oxygen atoms in total. The van der Waals surface area contributed by atoms with Crippen LogP contribution in [0.25, 0.3) is 0 Å². The van der Waals surface area contributed by atoms with E-state index in [9.17, 15) is 24.0 Å². The lowest BCUT2D eigenvalue weighted by Crippen LogP contribution is -2.46. The maximum Gasteiger partial charge on any atom is 0.408 e. The molecule has 1 rings (SSSR count). The van der Waals surface area contributed by atoms with Crippen molar-refractivity contribution in [1.29, 1.82) is 0 Å². The zero-order chi connectivity index (χ0) is 32.6. The second kappa shape index (κ2) is 23.2. The molecule has 0 aliphatic carbocycles. The van der Waals surface area contributed by atoms with Crippen LogP contribution in [0.15, 0.2) is 30.3 Å². The minimum absolute atomic E-state index is 0.0682. The van der Waals surface area contributed by atoms with Gasteiger partial charge in [-0.3, -0.25) is 14.4 Å². The molecule has 0 spiro atoms. The molecule has 1 aromatic carbocycles. The fraction of sp³-hybridized carbons (Fsp3) is 0.686. The van der Waals surface area contributed by atoms with E-state index in [0.29, 0.717) is 32.1 Å². The molecule has 0 aliphatic rings. The lowest BCUT2D eigenvalue weighted by atomic mass is 9.87. The molecule has 0 bridgehead atoms. The van der Waals surface area contributed by atoms with Crippen molar-refractivity contribution in [3.8, 4) is 0 Å². The van der Waals surface area contributed by atoms with Gasteiger partial charge in [-0.25, -0.2) is 4.79 Å². The summed E-state index contributed by atoms with van der Waals surface area (Å²) in [5.74, 6) is -1.68. The van der Waals surface area contributed by atoms with Crippen molar-refractivity contribution in [3.63, 3.8) is 0 Å². The van der Waals surface area contributed by atoms with Crippen LogP contribution in [0.2, 0.25) is 0 Å². The number of nitrogens with two attached hydrogens (primary N) is 1. The van der Waals surface area contributed by atoms with Crippen LogP contribution in [-0.2, 0) is 35.3 Å². The zero-order valence-corrected chi connectivity index (χ0v) is 27.3. The number of aldehydes is 1. The smallest absolute Gasteiger partial charge is 0.408 e. The molecule has 0 heterocycles. The molecule has 9 heteroatoms. The van der Waals surface area contributed by atoms with E-state index in [4.69, 9.17) is 15.2 Å². The van der Waals surface area contributed by atoms with E-state index in [1.165, 1.54) is 25.7 Å². The highest BCUT2D eigenvalue weighted by molar-refractivity contribution is 5.92. The Morgan fingerprint density at radius 3 is 1.95 bits per heavy atom. The van der Waals surface area contributed by atoms with Crippen molar-refractivity contribution < 1.29 is 33.4 Å². The summed E-state index contributed by atoms with van der Waals surface area (Å²) >= 11 is 0. The summed E-state index contributed by atoms with van der Waals surface area (Å²) < 4.78 is 10.7.